The Morgan fingerprint density at radius 2 is 2.12 bits per heavy atom. The van der Waals surface area contributed by atoms with Gasteiger partial charge in [-0.1, -0.05) is 30.3 Å². The first-order valence-electron chi connectivity index (χ1n) is 8.42. The second-order valence-corrected chi connectivity index (χ2v) is 6.20. The predicted octanol–water partition coefficient (Wildman–Crippen LogP) is 2.42. The highest BCUT2D eigenvalue weighted by Crippen LogP contribution is 2.31. The van der Waals surface area contributed by atoms with Crippen molar-refractivity contribution in [3.05, 3.63) is 60.7 Å². The standard InChI is InChI=1S/C19H18N4O3/c24-17(20-10-15-7-4-8-26-15)9-14-12-23-18(22-19(14)25)16(11-21-23)13-5-2-1-3-6-13/h1-8,11,14H,9-10,12H2,(H,20,24)(H,22,25)/t14-/m0/s1. The lowest BCUT2D eigenvalue weighted by atomic mass is 10.0. The van der Waals surface area contributed by atoms with E-state index >= 15 is 0 Å². The smallest absolute Gasteiger partial charge is 0.231 e. The van der Waals surface area contributed by atoms with Crippen molar-refractivity contribution in [3.63, 3.8) is 0 Å². The second-order valence-electron chi connectivity index (χ2n) is 6.20. The van der Waals surface area contributed by atoms with E-state index in [4.69, 9.17) is 4.42 Å². The molecule has 7 nitrogen and oxygen atoms in total. The summed E-state index contributed by atoms with van der Waals surface area (Å²) in [6.07, 6.45) is 3.40. The molecule has 0 spiro atoms. The van der Waals surface area contributed by atoms with E-state index in [0.717, 1.165) is 11.1 Å². The third-order valence-electron chi connectivity index (χ3n) is 4.40. The Kier molecular flexibility index (Phi) is 4.27. The zero-order valence-electron chi connectivity index (χ0n) is 14.0. The number of carbonyl (C=O) groups excluding carboxylic acids is 2. The second kappa shape index (κ2) is 6.87. The molecular weight excluding hydrogens is 332 g/mol. The summed E-state index contributed by atoms with van der Waals surface area (Å²) in [6.45, 7) is 0.688. The van der Waals surface area contributed by atoms with E-state index < -0.39 is 5.92 Å². The normalized spacial score (nSPS) is 16.0. The summed E-state index contributed by atoms with van der Waals surface area (Å²) in [6, 6.07) is 13.3. The lowest BCUT2D eigenvalue weighted by molar-refractivity contribution is -0.128. The quantitative estimate of drug-likeness (QED) is 0.739. The van der Waals surface area contributed by atoms with Crippen molar-refractivity contribution in [1.29, 1.82) is 0 Å². The van der Waals surface area contributed by atoms with Crippen LogP contribution in [0.3, 0.4) is 0 Å². The van der Waals surface area contributed by atoms with Crippen molar-refractivity contribution < 1.29 is 14.0 Å². The fourth-order valence-corrected chi connectivity index (χ4v) is 3.05. The zero-order valence-corrected chi connectivity index (χ0v) is 14.0. The molecule has 0 fully saturated rings. The van der Waals surface area contributed by atoms with Crippen molar-refractivity contribution in [1.82, 2.24) is 15.1 Å². The number of amides is 2. The molecule has 0 aliphatic carbocycles. The van der Waals surface area contributed by atoms with Gasteiger partial charge in [-0.05, 0) is 17.7 Å². The molecule has 0 bridgehead atoms. The summed E-state index contributed by atoms with van der Waals surface area (Å²) in [5, 5.41) is 10.0. The number of hydrogen-bond donors (Lipinski definition) is 2. The third-order valence-corrected chi connectivity index (χ3v) is 4.40. The van der Waals surface area contributed by atoms with E-state index in [1.54, 1.807) is 29.3 Å². The molecule has 2 aromatic heterocycles. The molecule has 4 rings (SSSR count). The van der Waals surface area contributed by atoms with E-state index in [0.29, 0.717) is 24.7 Å². The Morgan fingerprint density at radius 3 is 2.88 bits per heavy atom. The minimum absolute atomic E-state index is 0.104. The summed E-state index contributed by atoms with van der Waals surface area (Å²) in [7, 11) is 0. The van der Waals surface area contributed by atoms with Crippen LogP contribution in [0.5, 0.6) is 0 Å². The van der Waals surface area contributed by atoms with Gasteiger partial charge < -0.3 is 15.1 Å². The van der Waals surface area contributed by atoms with Crippen LogP contribution in [0.25, 0.3) is 11.1 Å². The maximum atomic E-state index is 12.5. The minimum atomic E-state index is -0.456. The summed E-state index contributed by atoms with van der Waals surface area (Å²) in [5.41, 5.74) is 1.86. The Balaban J connectivity index is 1.43. The number of rotatable bonds is 5. The van der Waals surface area contributed by atoms with Gasteiger partial charge in [0.05, 0.1) is 31.5 Å². The molecule has 2 N–H and O–H groups in total. The molecular formula is C19H18N4O3. The van der Waals surface area contributed by atoms with Crippen LogP contribution in [0.1, 0.15) is 12.2 Å². The molecule has 26 heavy (non-hydrogen) atoms. The van der Waals surface area contributed by atoms with Crippen LogP contribution >= 0.6 is 0 Å². The maximum absolute atomic E-state index is 12.5. The molecule has 0 unspecified atom stereocenters. The van der Waals surface area contributed by atoms with Gasteiger partial charge in [-0.2, -0.15) is 5.10 Å². The van der Waals surface area contributed by atoms with Crippen LogP contribution in [0.2, 0.25) is 0 Å². The van der Waals surface area contributed by atoms with Gasteiger partial charge >= 0.3 is 0 Å². The Hall–Kier alpha value is -3.35. The molecule has 1 atom stereocenters. The van der Waals surface area contributed by atoms with E-state index in [-0.39, 0.29) is 18.2 Å². The molecule has 2 amide bonds. The number of aromatic nitrogens is 2. The summed E-state index contributed by atoms with van der Waals surface area (Å²) in [5.74, 6) is 0.535. The molecule has 7 heteroatoms. The monoisotopic (exact) mass is 350 g/mol. The summed E-state index contributed by atoms with van der Waals surface area (Å²) < 4.78 is 6.92. The lowest BCUT2D eigenvalue weighted by Gasteiger charge is -2.23. The van der Waals surface area contributed by atoms with Gasteiger partial charge in [0.1, 0.15) is 11.6 Å². The van der Waals surface area contributed by atoms with E-state index in [1.807, 2.05) is 30.3 Å². The average molecular weight is 350 g/mol. The molecule has 0 saturated carbocycles. The number of carbonyl (C=O) groups is 2. The molecule has 0 radical (unpaired) electrons. The van der Waals surface area contributed by atoms with Crippen LogP contribution in [-0.4, -0.2) is 21.6 Å². The highest BCUT2D eigenvalue weighted by Gasteiger charge is 2.30. The number of nitrogens with zero attached hydrogens (tertiary/aromatic N) is 2. The molecule has 3 aromatic rings. The first-order chi connectivity index (χ1) is 12.7. The van der Waals surface area contributed by atoms with Gasteiger partial charge in [0.15, 0.2) is 0 Å². The SMILES string of the molecule is O=C(C[C@H]1Cn2ncc(-c3ccccc3)c2NC1=O)NCc1ccco1. The molecule has 132 valence electrons. The van der Waals surface area contributed by atoms with Crippen LogP contribution in [0.4, 0.5) is 5.82 Å². The molecule has 1 aliphatic rings. The fourth-order valence-electron chi connectivity index (χ4n) is 3.05. The third kappa shape index (κ3) is 3.23. The first-order valence-corrected chi connectivity index (χ1v) is 8.42. The van der Waals surface area contributed by atoms with E-state index in [2.05, 4.69) is 15.7 Å². The number of anilines is 1. The molecule has 0 saturated heterocycles. The van der Waals surface area contributed by atoms with Gasteiger partial charge in [0.25, 0.3) is 0 Å². The van der Waals surface area contributed by atoms with Crippen molar-refractivity contribution in [3.8, 4) is 11.1 Å². The van der Waals surface area contributed by atoms with E-state index in [1.165, 1.54) is 0 Å². The van der Waals surface area contributed by atoms with Crippen molar-refractivity contribution in [2.24, 2.45) is 5.92 Å². The molecule has 1 aromatic carbocycles. The van der Waals surface area contributed by atoms with Crippen molar-refractivity contribution >= 4 is 17.6 Å². The van der Waals surface area contributed by atoms with Crippen LogP contribution in [0.15, 0.2) is 59.3 Å². The van der Waals surface area contributed by atoms with Crippen molar-refractivity contribution in [2.75, 3.05) is 5.32 Å². The molecule has 1 aliphatic heterocycles. The summed E-state index contributed by atoms with van der Waals surface area (Å²) >= 11 is 0. The number of benzene rings is 1. The van der Waals surface area contributed by atoms with Gasteiger partial charge in [-0.15, -0.1) is 0 Å². The number of nitrogens with one attached hydrogen (secondary N) is 2. The predicted molar refractivity (Wildman–Crippen MR) is 95.0 cm³/mol. The Bertz CT molecular complexity index is 916. The first kappa shape index (κ1) is 16.1. The van der Waals surface area contributed by atoms with Gasteiger partial charge in [-0.3, -0.25) is 9.59 Å². The largest absolute Gasteiger partial charge is 0.467 e. The zero-order chi connectivity index (χ0) is 17.9. The van der Waals surface area contributed by atoms with Crippen LogP contribution in [0, 0.1) is 5.92 Å². The Morgan fingerprint density at radius 1 is 1.27 bits per heavy atom. The fraction of sp³-hybridized carbons (Fsp3) is 0.211. The number of furan rings is 1. The van der Waals surface area contributed by atoms with Crippen molar-refractivity contribution in [2.45, 2.75) is 19.5 Å². The highest BCUT2D eigenvalue weighted by molar-refractivity contribution is 5.98. The van der Waals surface area contributed by atoms with Crippen LogP contribution < -0.4 is 10.6 Å². The molecule has 3 heterocycles. The van der Waals surface area contributed by atoms with Crippen LogP contribution in [-0.2, 0) is 22.7 Å². The Labute approximate surface area is 150 Å². The topological polar surface area (TPSA) is 89.2 Å². The maximum Gasteiger partial charge on any atom is 0.231 e. The summed E-state index contributed by atoms with van der Waals surface area (Å²) in [4.78, 5) is 24.6. The number of fused-ring (bicyclic) bond motifs is 1. The van der Waals surface area contributed by atoms with Gasteiger partial charge in [0, 0.05) is 12.0 Å². The van der Waals surface area contributed by atoms with Gasteiger partial charge in [-0.25, -0.2) is 4.68 Å². The number of hydrogen-bond acceptors (Lipinski definition) is 4. The highest BCUT2D eigenvalue weighted by atomic mass is 16.3. The average Bonchev–Trinajstić information content (AvgIpc) is 3.31. The minimum Gasteiger partial charge on any atom is -0.467 e. The van der Waals surface area contributed by atoms with Gasteiger partial charge in [0.2, 0.25) is 11.8 Å². The lowest BCUT2D eigenvalue weighted by Crippen LogP contribution is -2.37. The van der Waals surface area contributed by atoms with E-state index in [9.17, 15) is 9.59 Å².